The molecule has 23 nitrogen and oxygen atoms in total. The summed E-state index contributed by atoms with van der Waals surface area (Å²) >= 11 is 0. The number of nitrogen functional groups attached to an aromatic ring is 1. The number of imide groups is 1. The van der Waals surface area contributed by atoms with Crippen molar-refractivity contribution in [3.8, 4) is 22.8 Å². The summed E-state index contributed by atoms with van der Waals surface area (Å²) in [5.41, 5.74) is 10.7. The van der Waals surface area contributed by atoms with E-state index in [4.69, 9.17) is 30.1 Å². The summed E-state index contributed by atoms with van der Waals surface area (Å²) in [4.78, 5) is 80.7. The molecule has 0 bridgehead atoms. The molecule has 4 aliphatic heterocycles. The third-order valence-corrected chi connectivity index (χ3v) is 14.8. The molecule has 5 aliphatic rings. The smallest absolute Gasteiger partial charge is 0.410 e. The molecule has 11 rings (SSSR count). The predicted octanol–water partition coefficient (Wildman–Crippen LogP) is 4.25. The van der Waals surface area contributed by atoms with Crippen molar-refractivity contribution in [3.05, 3.63) is 41.9 Å². The van der Waals surface area contributed by atoms with E-state index in [1.165, 1.54) is 15.9 Å². The van der Waals surface area contributed by atoms with Crippen LogP contribution in [-0.2, 0) is 26.9 Å². The second kappa shape index (κ2) is 18.8. The van der Waals surface area contributed by atoms with Gasteiger partial charge < -0.3 is 34.6 Å². The number of nitrogens with zero attached hydrogens (tertiary/aromatic N) is 15. The van der Waals surface area contributed by atoms with Crippen molar-refractivity contribution in [2.24, 2.45) is 13.0 Å². The topological polar surface area (TPSA) is 248 Å². The minimum atomic E-state index is -0.563. The number of benzene rings is 1. The lowest BCUT2D eigenvalue weighted by Crippen LogP contribution is -2.50. The maximum absolute atomic E-state index is 16.1. The van der Waals surface area contributed by atoms with Crippen molar-refractivity contribution in [1.29, 1.82) is 0 Å². The molecule has 1 saturated carbocycles. The van der Waals surface area contributed by atoms with Gasteiger partial charge in [-0.25, -0.2) is 38.6 Å². The van der Waals surface area contributed by atoms with Crippen LogP contribution in [0.5, 0.6) is 0 Å². The van der Waals surface area contributed by atoms with E-state index >= 15 is 4.39 Å². The number of aryl methyl sites for hydroxylation is 2. The second-order valence-corrected chi connectivity index (χ2v) is 20.7. The van der Waals surface area contributed by atoms with E-state index in [1.54, 1.807) is 29.0 Å². The first-order valence-corrected chi connectivity index (χ1v) is 25.1. The quantitative estimate of drug-likeness (QED) is 0.195. The standard InChI is InChI=1S/C49H60FN17O6/c1-28-33(24-52-44(55-28)36-40(59-73-42(36)30-6-7-30)39-37-43(51)53-27-54-46(37)67(57-39)49(2,3)4)63-20-22-65(23-21-63)48(71)72-26-35(69)64-13-10-29(11-14-64)25-61-16-18-62(19-17-61)32-9-8-31-41(38(32)50)60(5)58-45(31)66-15-12-34(68)56-47(66)70/h8-9,24,27,29-30H,6-7,10-23,25-26H2,1-5H3,(H2,51,53,54)(H,56,68,70). The normalized spacial score (nSPS) is 18.6. The molecule has 1 aliphatic carbocycles. The molecule has 0 spiro atoms. The number of likely N-dealkylation sites (tertiary alicyclic amines) is 1. The van der Waals surface area contributed by atoms with Gasteiger partial charge in [-0.15, -0.1) is 0 Å². The Morgan fingerprint density at radius 3 is 2.30 bits per heavy atom. The van der Waals surface area contributed by atoms with E-state index in [-0.39, 0.29) is 37.3 Å². The summed E-state index contributed by atoms with van der Waals surface area (Å²) in [7, 11) is 1.65. The molecule has 0 radical (unpaired) electrons. The summed E-state index contributed by atoms with van der Waals surface area (Å²) in [6, 6.07) is 2.98. The molecule has 4 saturated heterocycles. The van der Waals surface area contributed by atoms with Crippen molar-refractivity contribution in [3.63, 3.8) is 0 Å². The highest BCUT2D eigenvalue weighted by Crippen LogP contribution is 2.48. The number of halogens is 1. The average Bonchev–Trinajstić information content (AvgIpc) is 3.84. The van der Waals surface area contributed by atoms with Crippen molar-refractivity contribution in [1.82, 2.24) is 64.7 Å². The first kappa shape index (κ1) is 47.8. The molecule has 5 amide bonds. The summed E-state index contributed by atoms with van der Waals surface area (Å²) in [6.45, 7) is 14.7. The summed E-state index contributed by atoms with van der Waals surface area (Å²) in [5.74, 6) is 1.48. The van der Waals surface area contributed by atoms with E-state index in [9.17, 15) is 19.2 Å². The van der Waals surface area contributed by atoms with Crippen molar-refractivity contribution in [2.75, 3.05) is 106 Å². The van der Waals surface area contributed by atoms with Gasteiger partial charge >= 0.3 is 12.1 Å². The van der Waals surface area contributed by atoms with Gasteiger partial charge in [0.15, 0.2) is 35.5 Å². The highest BCUT2D eigenvalue weighted by atomic mass is 19.1. The van der Waals surface area contributed by atoms with Crippen LogP contribution < -0.4 is 25.8 Å². The summed E-state index contributed by atoms with van der Waals surface area (Å²) < 4.78 is 31.0. The van der Waals surface area contributed by atoms with E-state index in [1.807, 2.05) is 43.5 Å². The fourth-order valence-electron chi connectivity index (χ4n) is 10.6. The number of rotatable bonds is 10. The lowest BCUT2D eigenvalue weighted by Gasteiger charge is -2.39. The molecule has 5 fully saturated rings. The van der Waals surface area contributed by atoms with Gasteiger partial charge in [-0.1, -0.05) is 5.16 Å². The molecular weight excluding hydrogens is 942 g/mol. The van der Waals surface area contributed by atoms with Gasteiger partial charge in [0.05, 0.1) is 39.8 Å². The van der Waals surface area contributed by atoms with E-state index in [0.717, 1.165) is 62.5 Å². The number of piperidine rings is 1. The van der Waals surface area contributed by atoms with Gasteiger partial charge in [-0.2, -0.15) is 10.2 Å². The molecule has 24 heteroatoms. The molecule has 5 aromatic heterocycles. The minimum Gasteiger partial charge on any atom is -0.439 e. The van der Waals surface area contributed by atoms with Crippen LogP contribution in [-0.4, -0.2) is 168 Å². The zero-order valence-corrected chi connectivity index (χ0v) is 41.8. The average molecular weight is 1000 g/mol. The Labute approximate surface area is 419 Å². The number of amides is 5. The third kappa shape index (κ3) is 9.09. The number of carbonyl (C=O) groups is 4. The number of ether oxygens (including phenoxy) is 1. The second-order valence-electron chi connectivity index (χ2n) is 20.7. The summed E-state index contributed by atoms with van der Waals surface area (Å²) in [6.07, 6.45) is 6.51. The van der Waals surface area contributed by atoms with Crippen molar-refractivity contribution >= 4 is 68.9 Å². The number of piperazine rings is 2. The number of fused-ring (bicyclic) bond motifs is 2. The summed E-state index contributed by atoms with van der Waals surface area (Å²) in [5, 5.41) is 17.4. The van der Waals surface area contributed by atoms with Gasteiger partial charge in [0.1, 0.15) is 29.0 Å². The van der Waals surface area contributed by atoms with Gasteiger partial charge in [-0.05, 0) is 71.4 Å². The molecule has 0 unspecified atom stereocenters. The highest BCUT2D eigenvalue weighted by molar-refractivity contribution is 6.09. The zero-order chi connectivity index (χ0) is 50.9. The van der Waals surface area contributed by atoms with Crippen LogP contribution in [0.2, 0.25) is 0 Å². The Kier molecular flexibility index (Phi) is 12.3. The van der Waals surface area contributed by atoms with Crippen molar-refractivity contribution < 1.29 is 32.8 Å². The highest BCUT2D eigenvalue weighted by Gasteiger charge is 2.38. The molecule has 73 heavy (non-hydrogen) atoms. The van der Waals surface area contributed by atoms with Crippen LogP contribution in [0.3, 0.4) is 0 Å². The van der Waals surface area contributed by atoms with E-state index in [2.05, 4.69) is 35.3 Å². The monoisotopic (exact) mass is 1000 g/mol. The molecule has 3 N–H and O–H groups in total. The number of nitrogens with two attached hydrogens (primary N) is 1. The largest absolute Gasteiger partial charge is 0.439 e. The number of urea groups is 1. The van der Waals surface area contributed by atoms with Crippen LogP contribution in [0.25, 0.3) is 44.7 Å². The van der Waals surface area contributed by atoms with Gasteiger partial charge in [0.2, 0.25) is 5.91 Å². The maximum Gasteiger partial charge on any atom is 0.410 e. The molecular formula is C49H60FN17O6. The zero-order valence-electron chi connectivity index (χ0n) is 41.8. The van der Waals surface area contributed by atoms with E-state index in [0.29, 0.717) is 120 Å². The Morgan fingerprint density at radius 2 is 1.60 bits per heavy atom. The fourth-order valence-corrected chi connectivity index (χ4v) is 10.6. The Hall–Kier alpha value is -7.50. The Bertz CT molecular complexity index is 3140. The number of hydrogen-bond acceptors (Lipinski definition) is 17. The molecule has 9 heterocycles. The SMILES string of the molecule is Cc1nc(-c2c(-c3nn(C(C)(C)C)c4ncnc(N)c34)noc2C2CC2)ncc1N1CCN(C(=O)OCC(=O)N2CCC(CN3CCN(c4ccc5c(N6CCC(=O)NC6=O)nn(C)c5c4F)CC3)CC2)CC1. The van der Waals surface area contributed by atoms with Gasteiger partial charge in [0.25, 0.3) is 5.91 Å². The van der Waals surface area contributed by atoms with E-state index < -0.39 is 23.5 Å². The van der Waals surface area contributed by atoms with Crippen LogP contribution in [0.15, 0.2) is 29.2 Å². The molecule has 1 aromatic carbocycles. The lowest BCUT2D eigenvalue weighted by molar-refractivity contribution is -0.136. The Balaban J connectivity index is 0.642. The molecule has 0 atom stereocenters. The predicted molar refractivity (Wildman–Crippen MR) is 267 cm³/mol. The minimum absolute atomic E-state index is 0.150. The maximum atomic E-state index is 16.1. The lowest BCUT2D eigenvalue weighted by atomic mass is 9.96. The first-order chi connectivity index (χ1) is 35.1. The number of anilines is 4. The van der Waals surface area contributed by atoms with Crippen LogP contribution in [0, 0.1) is 18.7 Å². The molecule has 6 aromatic rings. The Morgan fingerprint density at radius 1 is 0.877 bits per heavy atom. The van der Waals surface area contributed by atoms with Gasteiger partial charge in [0, 0.05) is 103 Å². The number of hydrogen-bond donors (Lipinski definition) is 2. The third-order valence-electron chi connectivity index (χ3n) is 14.8. The van der Waals surface area contributed by atoms with Crippen LogP contribution in [0.4, 0.5) is 37.0 Å². The van der Waals surface area contributed by atoms with Gasteiger partial charge in [-0.3, -0.25) is 29.4 Å². The first-order valence-electron chi connectivity index (χ1n) is 25.1. The number of carbonyl (C=O) groups excluding carboxylic acids is 4. The number of aromatic nitrogens is 9. The van der Waals surface area contributed by atoms with Crippen LogP contribution >= 0.6 is 0 Å². The fraction of sp³-hybridized carbons (Fsp3) is 0.531. The molecule has 384 valence electrons. The van der Waals surface area contributed by atoms with Crippen LogP contribution in [0.1, 0.15) is 70.2 Å². The van der Waals surface area contributed by atoms with Crippen molar-refractivity contribution in [2.45, 2.75) is 71.3 Å². The number of nitrogens with one attached hydrogen (secondary N) is 1.